The van der Waals surface area contributed by atoms with E-state index in [1.807, 2.05) is 0 Å². The highest BCUT2D eigenvalue weighted by atomic mass is 32.2. The summed E-state index contributed by atoms with van der Waals surface area (Å²) in [4.78, 5) is 11.1. The SMILES string of the molecule is CC1(CC(=O)O)SCCC2=C1Cc1ccccc12. The first-order valence-electron chi connectivity index (χ1n) is 6.27. The highest BCUT2D eigenvalue weighted by molar-refractivity contribution is 8.00. The molecule has 1 atom stereocenters. The number of carbonyl (C=O) groups is 1. The smallest absolute Gasteiger partial charge is 0.305 e. The second-order valence-electron chi connectivity index (χ2n) is 5.19. The summed E-state index contributed by atoms with van der Waals surface area (Å²) in [5, 5.41) is 9.13. The van der Waals surface area contributed by atoms with Gasteiger partial charge in [-0.3, -0.25) is 4.79 Å². The minimum atomic E-state index is -0.699. The molecule has 94 valence electrons. The number of hydrogen-bond acceptors (Lipinski definition) is 2. The van der Waals surface area contributed by atoms with Crippen molar-refractivity contribution >= 4 is 23.3 Å². The van der Waals surface area contributed by atoms with E-state index in [0.29, 0.717) is 0 Å². The van der Waals surface area contributed by atoms with Crippen molar-refractivity contribution in [3.8, 4) is 0 Å². The fourth-order valence-corrected chi connectivity index (χ4v) is 4.48. The standard InChI is InChI=1S/C15H16O2S/c1-15(9-14(16)17)13-8-10-4-2-3-5-11(10)12(13)6-7-18-15/h2-5H,6-9H2,1H3,(H,16,17). The second-order valence-corrected chi connectivity index (χ2v) is 6.79. The number of aliphatic carboxylic acids is 1. The van der Waals surface area contributed by atoms with Crippen LogP contribution in [0.15, 0.2) is 29.8 Å². The lowest BCUT2D eigenvalue weighted by Gasteiger charge is -2.34. The second kappa shape index (κ2) is 4.16. The summed E-state index contributed by atoms with van der Waals surface area (Å²) in [5.74, 6) is 0.325. The van der Waals surface area contributed by atoms with Crippen molar-refractivity contribution in [3.05, 3.63) is 41.0 Å². The molecule has 1 aliphatic heterocycles. The number of carboxylic acid groups (broad SMARTS) is 1. The van der Waals surface area contributed by atoms with E-state index < -0.39 is 5.97 Å². The maximum absolute atomic E-state index is 11.1. The Kier molecular flexibility index (Phi) is 2.74. The van der Waals surface area contributed by atoms with Crippen molar-refractivity contribution in [2.45, 2.75) is 30.9 Å². The summed E-state index contributed by atoms with van der Waals surface area (Å²) in [5.41, 5.74) is 5.47. The van der Waals surface area contributed by atoms with Crippen LogP contribution >= 0.6 is 11.8 Å². The molecule has 0 spiro atoms. The average Bonchev–Trinajstić information content (AvgIpc) is 2.69. The summed E-state index contributed by atoms with van der Waals surface area (Å²) in [6, 6.07) is 8.48. The van der Waals surface area contributed by atoms with Crippen molar-refractivity contribution in [1.29, 1.82) is 0 Å². The van der Waals surface area contributed by atoms with Gasteiger partial charge in [0, 0.05) is 4.75 Å². The third-order valence-electron chi connectivity index (χ3n) is 3.97. The largest absolute Gasteiger partial charge is 0.481 e. The first-order valence-corrected chi connectivity index (χ1v) is 7.25. The maximum atomic E-state index is 11.1. The van der Waals surface area contributed by atoms with Crippen molar-refractivity contribution in [2.24, 2.45) is 0 Å². The Morgan fingerprint density at radius 3 is 3.00 bits per heavy atom. The minimum absolute atomic E-state index is 0.224. The Morgan fingerprint density at radius 1 is 1.44 bits per heavy atom. The molecule has 3 rings (SSSR count). The van der Waals surface area contributed by atoms with Crippen LogP contribution in [0.4, 0.5) is 0 Å². The molecule has 2 nitrogen and oxygen atoms in total. The Bertz CT molecular complexity index is 547. The molecule has 1 aromatic rings. The molecule has 1 heterocycles. The number of fused-ring (bicyclic) bond motifs is 2. The molecule has 0 aromatic heterocycles. The highest BCUT2D eigenvalue weighted by Crippen LogP contribution is 2.51. The molecule has 0 fully saturated rings. The molecule has 0 amide bonds. The Labute approximate surface area is 111 Å². The predicted octanol–water partition coefficient (Wildman–Crippen LogP) is 3.37. The van der Waals surface area contributed by atoms with Crippen LogP contribution < -0.4 is 0 Å². The minimum Gasteiger partial charge on any atom is -0.481 e. The van der Waals surface area contributed by atoms with Crippen LogP contribution in [-0.4, -0.2) is 21.6 Å². The van der Waals surface area contributed by atoms with E-state index in [4.69, 9.17) is 5.11 Å². The van der Waals surface area contributed by atoms with Crippen LogP contribution in [0.5, 0.6) is 0 Å². The summed E-state index contributed by atoms with van der Waals surface area (Å²) in [7, 11) is 0. The van der Waals surface area contributed by atoms with Crippen LogP contribution in [0, 0.1) is 0 Å². The molecule has 2 aliphatic rings. The summed E-state index contributed by atoms with van der Waals surface area (Å²) >= 11 is 1.80. The molecular formula is C15H16O2S. The quantitative estimate of drug-likeness (QED) is 0.886. The number of rotatable bonds is 2. The molecule has 1 aromatic carbocycles. The first kappa shape index (κ1) is 11.8. The number of benzene rings is 1. The molecule has 1 N–H and O–H groups in total. The molecule has 0 saturated carbocycles. The summed E-state index contributed by atoms with van der Waals surface area (Å²) < 4.78 is -0.224. The van der Waals surface area contributed by atoms with Gasteiger partial charge in [-0.2, -0.15) is 11.8 Å². The average molecular weight is 260 g/mol. The lowest BCUT2D eigenvalue weighted by molar-refractivity contribution is -0.137. The molecule has 0 radical (unpaired) electrons. The predicted molar refractivity (Wildman–Crippen MR) is 74.8 cm³/mol. The van der Waals surface area contributed by atoms with Gasteiger partial charge in [0.2, 0.25) is 0 Å². The fourth-order valence-electron chi connectivity index (χ4n) is 3.13. The highest BCUT2D eigenvalue weighted by Gasteiger charge is 2.40. The van der Waals surface area contributed by atoms with Crippen LogP contribution in [0.2, 0.25) is 0 Å². The van der Waals surface area contributed by atoms with E-state index in [-0.39, 0.29) is 11.2 Å². The van der Waals surface area contributed by atoms with E-state index in [1.165, 1.54) is 22.3 Å². The molecule has 0 bridgehead atoms. The van der Waals surface area contributed by atoms with Gasteiger partial charge in [0.1, 0.15) is 0 Å². The van der Waals surface area contributed by atoms with E-state index >= 15 is 0 Å². The van der Waals surface area contributed by atoms with Crippen molar-refractivity contribution < 1.29 is 9.90 Å². The van der Waals surface area contributed by atoms with Gasteiger partial charge in [0.15, 0.2) is 0 Å². The molecule has 1 unspecified atom stereocenters. The number of thioether (sulfide) groups is 1. The summed E-state index contributed by atoms with van der Waals surface area (Å²) in [6.07, 6.45) is 2.24. The van der Waals surface area contributed by atoms with Gasteiger partial charge in [0.05, 0.1) is 6.42 Å². The zero-order valence-electron chi connectivity index (χ0n) is 10.4. The van der Waals surface area contributed by atoms with Gasteiger partial charge in [-0.05, 0) is 47.8 Å². The van der Waals surface area contributed by atoms with Gasteiger partial charge in [-0.15, -0.1) is 0 Å². The van der Waals surface area contributed by atoms with Crippen LogP contribution in [-0.2, 0) is 11.2 Å². The van der Waals surface area contributed by atoms with Crippen LogP contribution in [0.1, 0.15) is 30.9 Å². The van der Waals surface area contributed by atoms with Gasteiger partial charge in [-0.25, -0.2) is 0 Å². The molecule has 0 saturated heterocycles. The third-order valence-corrected chi connectivity index (χ3v) is 5.41. The van der Waals surface area contributed by atoms with E-state index in [9.17, 15) is 4.79 Å². The Hall–Kier alpha value is -1.22. The molecule has 1 aliphatic carbocycles. The lowest BCUT2D eigenvalue weighted by Crippen LogP contribution is -2.30. The van der Waals surface area contributed by atoms with Crippen molar-refractivity contribution in [1.82, 2.24) is 0 Å². The van der Waals surface area contributed by atoms with Crippen LogP contribution in [0.3, 0.4) is 0 Å². The maximum Gasteiger partial charge on any atom is 0.305 e. The zero-order chi connectivity index (χ0) is 12.8. The van der Waals surface area contributed by atoms with Crippen molar-refractivity contribution in [3.63, 3.8) is 0 Å². The monoisotopic (exact) mass is 260 g/mol. The molecule has 18 heavy (non-hydrogen) atoms. The van der Waals surface area contributed by atoms with Gasteiger partial charge in [-0.1, -0.05) is 24.3 Å². The fraction of sp³-hybridized carbons (Fsp3) is 0.400. The van der Waals surface area contributed by atoms with E-state index in [1.54, 1.807) is 11.8 Å². The van der Waals surface area contributed by atoms with E-state index in [0.717, 1.165) is 18.6 Å². The summed E-state index contributed by atoms with van der Waals surface area (Å²) in [6.45, 7) is 2.09. The van der Waals surface area contributed by atoms with Gasteiger partial charge in [0.25, 0.3) is 0 Å². The third kappa shape index (κ3) is 1.77. The van der Waals surface area contributed by atoms with Crippen molar-refractivity contribution in [2.75, 3.05) is 5.75 Å². The van der Waals surface area contributed by atoms with E-state index in [2.05, 4.69) is 31.2 Å². The number of hydrogen-bond donors (Lipinski definition) is 1. The first-order chi connectivity index (χ1) is 8.60. The normalized spacial score (nSPS) is 25.8. The topological polar surface area (TPSA) is 37.3 Å². The van der Waals surface area contributed by atoms with Crippen LogP contribution in [0.25, 0.3) is 5.57 Å². The van der Waals surface area contributed by atoms with Gasteiger partial charge >= 0.3 is 5.97 Å². The zero-order valence-corrected chi connectivity index (χ0v) is 11.2. The lowest BCUT2D eigenvalue weighted by atomic mass is 9.90. The Balaban J connectivity index is 2.04. The number of carboxylic acids is 1. The molecule has 3 heteroatoms. The Morgan fingerprint density at radius 2 is 2.22 bits per heavy atom. The van der Waals surface area contributed by atoms with Gasteiger partial charge < -0.3 is 5.11 Å². The number of allylic oxidation sites excluding steroid dienone is 1. The molecular weight excluding hydrogens is 244 g/mol.